The van der Waals surface area contributed by atoms with Gasteiger partial charge in [0.2, 0.25) is 0 Å². The van der Waals surface area contributed by atoms with Crippen LogP contribution in [0.3, 0.4) is 0 Å². The SMILES string of the molecule is CCc1nc(CNCc2csc(Br)c2)cs1. The van der Waals surface area contributed by atoms with Crippen LogP contribution in [-0.4, -0.2) is 4.98 Å². The Morgan fingerprint density at radius 2 is 2.19 bits per heavy atom. The molecule has 0 fully saturated rings. The lowest BCUT2D eigenvalue weighted by atomic mass is 10.3. The second kappa shape index (κ2) is 5.91. The molecule has 1 N–H and O–H groups in total. The number of rotatable bonds is 5. The molecule has 0 radical (unpaired) electrons. The van der Waals surface area contributed by atoms with E-state index in [0.29, 0.717) is 0 Å². The lowest BCUT2D eigenvalue weighted by molar-refractivity contribution is 0.682. The summed E-state index contributed by atoms with van der Waals surface area (Å²) in [6, 6.07) is 2.15. The molecule has 0 spiro atoms. The first-order chi connectivity index (χ1) is 7.78. The monoisotopic (exact) mass is 316 g/mol. The van der Waals surface area contributed by atoms with Crippen LogP contribution in [0, 0.1) is 0 Å². The first-order valence-corrected chi connectivity index (χ1v) is 7.70. The van der Waals surface area contributed by atoms with E-state index in [1.807, 2.05) is 0 Å². The number of thiazole rings is 1. The molecule has 0 aliphatic rings. The highest BCUT2D eigenvalue weighted by molar-refractivity contribution is 9.11. The Hall–Kier alpha value is -0.230. The predicted molar refractivity (Wildman–Crippen MR) is 74.1 cm³/mol. The zero-order valence-electron chi connectivity index (χ0n) is 9.00. The highest BCUT2D eigenvalue weighted by atomic mass is 79.9. The third-order valence-corrected chi connectivity index (χ3v) is 4.75. The Bertz CT molecular complexity index is 450. The molecule has 0 saturated carbocycles. The molecule has 0 saturated heterocycles. The van der Waals surface area contributed by atoms with E-state index in [0.717, 1.165) is 25.2 Å². The van der Waals surface area contributed by atoms with Gasteiger partial charge in [-0.3, -0.25) is 0 Å². The van der Waals surface area contributed by atoms with Crippen molar-refractivity contribution >= 4 is 38.6 Å². The Kier molecular flexibility index (Phi) is 4.52. The van der Waals surface area contributed by atoms with Crippen molar-refractivity contribution in [3.8, 4) is 0 Å². The topological polar surface area (TPSA) is 24.9 Å². The molecule has 2 nitrogen and oxygen atoms in total. The molecule has 5 heteroatoms. The second-order valence-corrected chi connectivity index (χ2v) is 6.68. The molecule has 0 unspecified atom stereocenters. The molecule has 0 atom stereocenters. The van der Waals surface area contributed by atoms with E-state index in [1.165, 1.54) is 14.4 Å². The first-order valence-electron chi connectivity index (χ1n) is 5.15. The molecule has 0 aliphatic carbocycles. The molecule has 0 aromatic carbocycles. The van der Waals surface area contributed by atoms with E-state index in [-0.39, 0.29) is 0 Å². The number of aryl methyl sites for hydroxylation is 1. The van der Waals surface area contributed by atoms with Gasteiger partial charge in [0.05, 0.1) is 14.5 Å². The number of hydrogen-bond donors (Lipinski definition) is 1. The summed E-state index contributed by atoms with van der Waals surface area (Å²) in [4.78, 5) is 4.51. The lowest BCUT2D eigenvalue weighted by Crippen LogP contribution is -2.12. The molecular weight excluding hydrogens is 304 g/mol. The fourth-order valence-electron chi connectivity index (χ4n) is 1.37. The minimum absolute atomic E-state index is 0.851. The third kappa shape index (κ3) is 3.38. The van der Waals surface area contributed by atoms with Crippen LogP contribution in [0.2, 0.25) is 0 Å². The van der Waals surface area contributed by atoms with Crippen LogP contribution >= 0.6 is 38.6 Å². The molecule has 2 heterocycles. The number of thiophene rings is 1. The molecule has 2 aromatic rings. The minimum atomic E-state index is 0.851. The van der Waals surface area contributed by atoms with Gasteiger partial charge >= 0.3 is 0 Å². The van der Waals surface area contributed by atoms with Gasteiger partial charge in [0.25, 0.3) is 0 Å². The number of nitrogens with one attached hydrogen (secondary N) is 1. The smallest absolute Gasteiger partial charge is 0.0926 e. The maximum Gasteiger partial charge on any atom is 0.0926 e. The van der Waals surface area contributed by atoms with E-state index in [9.17, 15) is 0 Å². The molecule has 0 amide bonds. The van der Waals surface area contributed by atoms with E-state index in [2.05, 4.69) is 50.0 Å². The van der Waals surface area contributed by atoms with Gasteiger partial charge in [0, 0.05) is 18.5 Å². The van der Waals surface area contributed by atoms with Gasteiger partial charge in [0.15, 0.2) is 0 Å². The highest BCUT2D eigenvalue weighted by Crippen LogP contribution is 2.20. The van der Waals surface area contributed by atoms with Crippen LogP contribution < -0.4 is 5.32 Å². The number of aromatic nitrogens is 1. The quantitative estimate of drug-likeness (QED) is 0.907. The van der Waals surface area contributed by atoms with E-state index < -0.39 is 0 Å². The highest BCUT2D eigenvalue weighted by Gasteiger charge is 2.00. The maximum atomic E-state index is 4.51. The Morgan fingerprint density at radius 1 is 1.31 bits per heavy atom. The van der Waals surface area contributed by atoms with Crippen molar-refractivity contribution in [3.05, 3.63) is 36.9 Å². The summed E-state index contributed by atoms with van der Waals surface area (Å²) in [6.07, 6.45) is 1.03. The Morgan fingerprint density at radius 3 is 2.81 bits per heavy atom. The van der Waals surface area contributed by atoms with Gasteiger partial charge in [-0.25, -0.2) is 4.98 Å². The first kappa shape index (κ1) is 12.2. The average Bonchev–Trinajstić information content (AvgIpc) is 2.88. The van der Waals surface area contributed by atoms with Crippen LogP contribution in [0.4, 0.5) is 0 Å². The fourth-order valence-corrected chi connectivity index (χ4v) is 3.32. The maximum absolute atomic E-state index is 4.51. The van der Waals surface area contributed by atoms with Gasteiger partial charge in [-0.05, 0) is 39.4 Å². The molecule has 2 rings (SSSR count). The summed E-state index contributed by atoms with van der Waals surface area (Å²) in [5.41, 5.74) is 2.47. The van der Waals surface area contributed by atoms with Gasteiger partial charge in [0.1, 0.15) is 0 Å². The van der Waals surface area contributed by atoms with Gasteiger partial charge in [-0.2, -0.15) is 0 Å². The number of halogens is 1. The van der Waals surface area contributed by atoms with Crippen LogP contribution in [0.5, 0.6) is 0 Å². The van der Waals surface area contributed by atoms with Crippen LogP contribution in [0.1, 0.15) is 23.2 Å². The molecule has 0 aliphatic heterocycles. The van der Waals surface area contributed by atoms with Crippen LogP contribution in [0.25, 0.3) is 0 Å². The predicted octanol–water partition coefficient (Wildman–Crippen LogP) is 3.82. The van der Waals surface area contributed by atoms with E-state index >= 15 is 0 Å². The summed E-state index contributed by atoms with van der Waals surface area (Å²) in [5.74, 6) is 0. The van der Waals surface area contributed by atoms with Crippen molar-refractivity contribution in [2.75, 3.05) is 0 Å². The van der Waals surface area contributed by atoms with Crippen molar-refractivity contribution in [2.24, 2.45) is 0 Å². The summed E-state index contributed by atoms with van der Waals surface area (Å²) >= 11 is 6.93. The minimum Gasteiger partial charge on any atom is -0.307 e. The average molecular weight is 317 g/mol. The fraction of sp³-hybridized carbons (Fsp3) is 0.364. The summed E-state index contributed by atoms with van der Waals surface area (Å²) in [6.45, 7) is 3.89. The molecule has 0 bridgehead atoms. The molecule has 2 aromatic heterocycles. The summed E-state index contributed by atoms with van der Waals surface area (Å²) in [7, 11) is 0. The number of nitrogens with zero attached hydrogens (tertiary/aromatic N) is 1. The van der Waals surface area contributed by atoms with Crippen LogP contribution in [0.15, 0.2) is 20.6 Å². The molecular formula is C11H13BrN2S2. The van der Waals surface area contributed by atoms with Gasteiger partial charge < -0.3 is 5.32 Å². The summed E-state index contributed by atoms with van der Waals surface area (Å²) < 4.78 is 1.19. The molecule has 86 valence electrons. The van der Waals surface area contributed by atoms with E-state index in [4.69, 9.17) is 0 Å². The zero-order chi connectivity index (χ0) is 11.4. The van der Waals surface area contributed by atoms with Crippen molar-refractivity contribution < 1.29 is 0 Å². The van der Waals surface area contributed by atoms with Crippen LogP contribution in [-0.2, 0) is 19.5 Å². The van der Waals surface area contributed by atoms with Gasteiger partial charge in [-0.15, -0.1) is 22.7 Å². The second-order valence-electron chi connectivity index (χ2n) is 3.45. The zero-order valence-corrected chi connectivity index (χ0v) is 12.2. The van der Waals surface area contributed by atoms with Crippen molar-refractivity contribution in [3.63, 3.8) is 0 Å². The van der Waals surface area contributed by atoms with Gasteiger partial charge in [-0.1, -0.05) is 6.92 Å². The lowest BCUT2D eigenvalue weighted by Gasteiger charge is -1.99. The Balaban J connectivity index is 1.79. The van der Waals surface area contributed by atoms with E-state index in [1.54, 1.807) is 22.7 Å². The van der Waals surface area contributed by atoms with Crippen molar-refractivity contribution in [1.29, 1.82) is 0 Å². The molecule has 16 heavy (non-hydrogen) atoms. The van der Waals surface area contributed by atoms with Crippen molar-refractivity contribution in [2.45, 2.75) is 26.4 Å². The standard InChI is InChI=1S/C11H13BrN2S2/c1-2-11-14-9(7-16-11)5-13-4-8-3-10(12)15-6-8/h3,6-7,13H,2,4-5H2,1H3. The Labute approximate surface area is 112 Å². The normalized spacial score (nSPS) is 10.9. The summed E-state index contributed by atoms with van der Waals surface area (Å²) in [5, 5.41) is 8.91. The van der Waals surface area contributed by atoms with Crippen molar-refractivity contribution in [1.82, 2.24) is 10.3 Å². The largest absolute Gasteiger partial charge is 0.307 e. The third-order valence-electron chi connectivity index (χ3n) is 2.16. The number of hydrogen-bond acceptors (Lipinski definition) is 4.